The Morgan fingerprint density at radius 1 is 0.633 bits per heavy atom. The number of hydrogen-bond donors (Lipinski definition) is 0. The van der Waals surface area contributed by atoms with E-state index < -0.39 is 0 Å². The summed E-state index contributed by atoms with van der Waals surface area (Å²) in [5.41, 5.74) is 5.57. The minimum absolute atomic E-state index is 0.0855. The van der Waals surface area contributed by atoms with Crippen molar-refractivity contribution in [2.45, 2.75) is 82.6 Å². The van der Waals surface area contributed by atoms with Gasteiger partial charge in [0.1, 0.15) is 17.6 Å². The van der Waals surface area contributed by atoms with E-state index in [1.54, 1.807) is 20.3 Å². The molecule has 60 heavy (non-hydrogen) atoms. The maximum atomic E-state index is 6.65. The molecule has 4 aromatic carbocycles. The maximum absolute atomic E-state index is 6.65. The number of likely N-dealkylation sites (tertiary alicyclic amines) is 2. The highest BCUT2D eigenvalue weighted by Gasteiger charge is 2.39. The van der Waals surface area contributed by atoms with E-state index in [9.17, 15) is 0 Å². The summed E-state index contributed by atoms with van der Waals surface area (Å²) in [6.45, 7) is 9.47. The fourth-order valence-corrected chi connectivity index (χ4v) is 9.10. The fourth-order valence-electron chi connectivity index (χ4n) is 9.10. The molecular weight excluding hydrogens is 757 g/mol. The first-order valence-corrected chi connectivity index (χ1v) is 21.5. The highest BCUT2D eigenvalue weighted by molar-refractivity contribution is 5.76. The first-order valence-electron chi connectivity index (χ1n) is 21.5. The molecule has 2 aromatic heterocycles. The summed E-state index contributed by atoms with van der Waals surface area (Å²) in [5.74, 6) is 3.10. The zero-order chi connectivity index (χ0) is 40.8. The average molecular weight is 813 g/mol. The monoisotopic (exact) mass is 812 g/mol. The van der Waals surface area contributed by atoms with Crippen LogP contribution in [0.25, 0.3) is 22.2 Å². The number of rotatable bonds is 16. The van der Waals surface area contributed by atoms with Gasteiger partial charge in [-0.1, -0.05) is 49.1 Å². The van der Waals surface area contributed by atoms with Crippen molar-refractivity contribution in [1.82, 2.24) is 19.8 Å². The van der Waals surface area contributed by atoms with Gasteiger partial charge in [0.05, 0.1) is 32.4 Å². The Kier molecular flexibility index (Phi) is 12.1. The smallest absolute Gasteiger partial charge is 0.318 e. The number of para-hydroxylation sites is 4. The first kappa shape index (κ1) is 39.7. The van der Waals surface area contributed by atoms with Gasteiger partial charge in [-0.3, -0.25) is 9.80 Å². The molecule has 0 bridgehead atoms. The molecule has 0 radical (unpaired) electrons. The van der Waals surface area contributed by atoms with E-state index in [4.69, 9.17) is 37.7 Å². The topological polar surface area (TPSA) is 102 Å². The quantitative estimate of drug-likeness (QED) is 0.0688. The standard InChI is InChI=1S/C48H56N6O6/c1-4-29-57-45-30-34(17-19-43(45)55-2)32-51-25-21-36(22-26-51)53(47-49-39-13-7-9-15-41(39)59-47)54(48-50-40-14-8-10-16-42(40)60-48)37-23-27-52(28-24-37)33-35-18-20-44(56-3)46(31-35)58-38-11-5-6-12-38/h4,7-10,13-20,30-31,36-38H,1,5-6,11-12,21-29,32-33H2,2-3H3. The van der Waals surface area contributed by atoms with E-state index in [1.165, 1.54) is 24.0 Å². The maximum Gasteiger partial charge on any atom is 0.318 e. The Morgan fingerprint density at radius 2 is 1.12 bits per heavy atom. The molecule has 0 N–H and O–H groups in total. The zero-order valence-electron chi connectivity index (χ0n) is 34.8. The van der Waals surface area contributed by atoms with E-state index in [1.807, 2.05) is 54.6 Å². The van der Waals surface area contributed by atoms with Gasteiger partial charge in [-0.15, -0.1) is 0 Å². The number of aromatic nitrogens is 2. The number of benzene rings is 4. The average Bonchev–Trinajstić information content (AvgIpc) is 4.06. The molecule has 2 saturated heterocycles. The second-order valence-electron chi connectivity index (χ2n) is 16.2. The van der Waals surface area contributed by atoms with Gasteiger partial charge in [-0.05, 0) is 111 Å². The van der Waals surface area contributed by atoms with E-state index in [0.29, 0.717) is 18.6 Å². The van der Waals surface area contributed by atoms with Crippen LogP contribution >= 0.6 is 0 Å². The molecule has 1 aliphatic carbocycles. The van der Waals surface area contributed by atoms with Crippen LogP contribution in [0.3, 0.4) is 0 Å². The van der Waals surface area contributed by atoms with Crippen LogP contribution in [0.5, 0.6) is 23.0 Å². The largest absolute Gasteiger partial charge is 0.493 e. The van der Waals surface area contributed by atoms with Crippen LogP contribution in [-0.2, 0) is 13.1 Å². The lowest BCUT2D eigenvalue weighted by Gasteiger charge is -2.47. The summed E-state index contributed by atoms with van der Waals surface area (Å²) in [6, 6.07) is 29.9. The predicted octanol–water partition coefficient (Wildman–Crippen LogP) is 9.43. The number of nitrogens with zero attached hydrogens (tertiary/aromatic N) is 6. The lowest BCUT2D eigenvalue weighted by atomic mass is 10.0. The second-order valence-corrected chi connectivity index (χ2v) is 16.2. The van der Waals surface area contributed by atoms with Crippen LogP contribution < -0.4 is 29.0 Å². The summed E-state index contributed by atoms with van der Waals surface area (Å²) in [4.78, 5) is 15.3. The van der Waals surface area contributed by atoms with Crippen molar-refractivity contribution in [3.8, 4) is 23.0 Å². The van der Waals surface area contributed by atoms with E-state index >= 15 is 0 Å². The molecule has 4 heterocycles. The number of methoxy groups -OCH3 is 2. The highest BCUT2D eigenvalue weighted by atomic mass is 16.5. The zero-order valence-corrected chi connectivity index (χ0v) is 34.8. The normalized spacial score (nSPS) is 17.3. The van der Waals surface area contributed by atoms with Gasteiger partial charge in [-0.2, -0.15) is 9.97 Å². The molecule has 0 unspecified atom stereocenters. The molecule has 0 spiro atoms. The Bertz CT molecular complexity index is 2290. The van der Waals surface area contributed by atoms with Crippen LogP contribution in [0, 0.1) is 0 Å². The van der Waals surface area contributed by atoms with E-state index in [2.05, 4.69) is 56.7 Å². The fraction of sp³-hybridized carbons (Fsp3) is 0.417. The number of anilines is 2. The van der Waals surface area contributed by atoms with Gasteiger partial charge in [-0.25, -0.2) is 10.0 Å². The van der Waals surface area contributed by atoms with E-state index in [-0.39, 0.29) is 18.2 Å². The Morgan fingerprint density at radius 3 is 1.60 bits per heavy atom. The minimum atomic E-state index is 0.0855. The van der Waals surface area contributed by atoms with Crippen molar-refractivity contribution in [1.29, 1.82) is 0 Å². The number of fused-ring (bicyclic) bond motifs is 2. The lowest BCUT2D eigenvalue weighted by molar-refractivity contribution is 0.178. The first-order chi connectivity index (χ1) is 29.5. The molecule has 12 heteroatoms. The molecule has 314 valence electrons. The molecular formula is C48H56N6O6. The second kappa shape index (κ2) is 18.3. The van der Waals surface area contributed by atoms with Crippen LogP contribution in [0.15, 0.2) is 106 Å². The van der Waals surface area contributed by atoms with Crippen molar-refractivity contribution < 1.29 is 27.8 Å². The van der Waals surface area contributed by atoms with Crippen LogP contribution in [0.1, 0.15) is 62.5 Å². The molecule has 3 fully saturated rings. The number of hydrogen-bond acceptors (Lipinski definition) is 12. The van der Waals surface area contributed by atoms with Crippen molar-refractivity contribution in [3.05, 3.63) is 109 Å². The van der Waals surface area contributed by atoms with Crippen molar-refractivity contribution in [2.75, 3.05) is 57.0 Å². The Balaban J connectivity index is 0.972. The van der Waals surface area contributed by atoms with Gasteiger partial charge in [0.2, 0.25) is 0 Å². The third kappa shape index (κ3) is 8.76. The predicted molar refractivity (Wildman–Crippen MR) is 234 cm³/mol. The summed E-state index contributed by atoms with van der Waals surface area (Å²) in [6.07, 6.45) is 10.3. The Hall–Kier alpha value is -5.72. The summed E-state index contributed by atoms with van der Waals surface area (Å²) < 4.78 is 36.9. The number of oxazole rings is 2. The molecule has 0 atom stereocenters. The molecule has 0 amide bonds. The third-order valence-corrected chi connectivity index (χ3v) is 12.2. The molecule has 12 nitrogen and oxygen atoms in total. The molecule has 6 aromatic rings. The van der Waals surface area contributed by atoms with Gasteiger partial charge < -0.3 is 27.8 Å². The van der Waals surface area contributed by atoms with Gasteiger partial charge >= 0.3 is 12.0 Å². The molecule has 9 rings (SSSR count). The lowest BCUT2D eigenvalue weighted by Crippen LogP contribution is -2.59. The van der Waals surface area contributed by atoms with Crippen LogP contribution in [0.2, 0.25) is 0 Å². The number of hydrazine groups is 1. The number of ether oxygens (including phenoxy) is 4. The van der Waals surface area contributed by atoms with E-state index in [0.717, 1.165) is 123 Å². The third-order valence-electron chi connectivity index (χ3n) is 12.2. The SMILES string of the molecule is C=CCOc1cc(CN2CCC(N(c3nc4ccccc4o3)N(c3nc4ccccc4o3)C3CCN(Cc4ccc(OC)c(OC5CCCC5)c4)CC3)CC2)ccc1OC. The van der Waals surface area contributed by atoms with Crippen LogP contribution in [0.4, 0.5) is 12.0 Å². The number of piperidine rings is 2. The molecule has 1 saturated carbocycles. The summed E-state index contributed by atoms with van der Waals surface area (Å²) in [7, 11) is 3.39. The van der Waals surface area contributed by atoms with Crippen molar-refractivity contribution >= 4 is 34.2 Å². The Labute approximate surface area is 352 Å². The minimum Gasteiger partial charge on any atom is -0.493 e. The molecule has 3 aliphatic rings. The highest BCUT2D eigenvalue weighted by Crippen LogP contribution is 2.38. The summed E-state index contributed by atoms with van der Waals surface area (Å²) >= 11 is 0. The summed E-state index contributed by atoms with van der Waals surface area (Å²) in [5, 5.41) is 4.57. The van der Waals surface area contributed by atoms with Gasteiger partial charge in [0, 0.05) is 39.3 Å². The van der Waals surface area contributed by atoms with Crippen molar-refractivity contribution in [2.24, 2.45) is 0 Å². The van der Waals surface area contributed by atoms with Crippen molar-refractivity contribution in [3.63, 3.8) is 0 Å². The van der Waals surface area contributed by atoms with Crippen LogP contribution in [-0.4, -0.2) is 85.0 Å². The molecule has 2 aliphatic heterocycles. The van der Waals surface area contributed by atoms with Gasteiger partial charge in [0.25, 0.3) is 0 Å². The van der Waals surface area contributed by atoms with Gasteiger partial charge in [0.15, 0.2) is 34.2 Å².